The number of unbranched alkanes of at least 4 members (excludes halogenated alkanes) is 1. The molecule has 0 aliphatic carbocycles. The predicted octanol–water partition coefficient (Wildman–Crippen LogP) is 2.66. The van der Waals surface area contributed by atoms with Crippen molar-refractivity contribution in [2.75, 3.05) is 19.7 Å². The molecule has 0 aliphatic heterocycles. The van der Waals surface area contributed by atoms with Gasteiger partial charge in [-0.15, -0.1) is 11.3 Å². The molecule has 0 spiro atoms. The first kappa shape index (κ1) is 22.3. The lowest BCUT2D eigenvalue weighted by Gasteiger charge is -2.08. The first-order chi connectivity index (χ1) is 13.4. The van der Waals surface area contributed by atoms with Gasteiger partial charge in [-0.3, -0.25) is 4.79 Å². The molecule has 9 heteroatoms. The summed E-state index contributed by atoms with van der Waals surface area (Å²) in [5, 5.41) is 5.97. The molecule has 1 amide bonds. The molecule has 154 valence electrons. The number of nitrogens with zero attached hydrogens (tertiary/aromatic N) is 1. The third kappa shape index (κ3) is 7.57. The van der Waals surface area contributed by atoms with E-state index in [9.17, 15) is 13.2 Å². The fraction of sp³-hybridized carbons (Fsp3) is 0.474. The summed E-state index contributed by atoms with van der Waals surface area (Å²) in [6.07, 6.45) is 2.83. The Morgan fingerprint density at radius 2 is 1.93 bits per heavy atom. The van der Waals surface area contributed by atoms with Crippen LogP contribution in [0, 0.1) is 6.92 Å². The topological polar surface area (TPSA) is 97.4 Å². The highest BCUT2D eigenvalue weighted by Gasteiger charge is 2.14. The third-order valence-electron chi connectivity index (χ3n) is 3.90. The number of ether oxygens (including phenoxy) is 1. The summed E-state index contributed by atoms with van der Waals surface area (Å²) in [4.78, 5) is 16.4. The lowest BCUT2D eigenvalue weighted by Crippen LogP contribution is -2.31. The average Bonchev–Trinajstić information content (AvgIpc) is 3.07. The summed E-state index contributed by atoms with van der Waals surface area (Å²) < 4.78 is 32.2. The van der Waals surface area contributed by atoms with Crippen molar-refractivity contribution in [3.8, 4) is 5.75 Å². The number of aryl methyl sites for hydroxylation is 2. The molecule has 0 bridgehead atoms. The lowest BCUT2D eigenvalue weighted by atomic mass is 10.2. The van der Waals surface area contributed by atoms with Crippen molar-refractivity contribution in [1.82, 2.24) is 15.0 Å². The van der Waals surface area contributed by atoms with Gasteiger partial charge in [0.25, 0.3) is 0 Å². The maximum absolute atomic E-state index is 12.2. The van der Waals surface area contributed by atoms with Crippen LogP contribution in [0.4, 0.5) is 0 Å². The van der Waals surface area contributed by atoms with Crippen LogP contribution in [0.25, 0.3) is 0 Å². The molecule has 0 aliphatic rings. The number of nitrogens with one attached hydrogen (secondary N) is 2. The average molecular weight is 426 g/mol. The summed E-state index contributed by atoms with van der Waals surface area (Å²) in [7, 11) is -3.64. The van der Waals surface area contributed by atoms with E-state index in [4.69, 9.17) is 4.74 Å². The van der Waals surface area contributed by atoms with Crippen LogP contribution in [0.15, 0.2) is 34.5 Å². The van der Waals surface area contributed by atoms with Crippen molar-refractivity contribution in [3.63, 3.8) is 0 Å². The van der Waals surface area contributed by atoms with Gasteiger partial charge in [0.15, 0.2) is 0 Å². The Bertz CT molecular complexity index is 848. The molecule has 0 atom stereocenters. The first-order valence-corrected chi connectivity index (χ1v) is 11.7. The molecule has 1 heterocycles. The van der Waals surface area contributed by atoms with Crippen molar-refractivity contribution < 1.29 is 17.9 Å². The van der Waals surface area contributed by atoms with Gasteiger partial charge in [-0.25, -0.2) is 18.1 Å². The summed E-state index contributed by atoms with van der Waals surface area (Å²) in [6, 6.07) is 6.18. The maximum Gasteiger partial charge on any atom is 0.240 e. The summed E-state index contributed by atoms with van der Waals surface area (Å²) in [6.45, 7) is 4.99. The Hall–Kier alpha value is -1.97. The van der Waals surface area contributed by atoms with Gasteiger partial charge in [0.2, 0.25) is 15.9 Å². The standard InChI is InChI=1S/C19H27N3O4S2/c1-3-26-16-7-9-17(10-8-16)28(24,25)21-13-11-18(23)20-12-5-4-6-19-22-15(2)14-27-19/h7-10,14,21H,3-6,11-13H2,1-2H3,(H,20,23). The van der Waals surface area contributed by atoms with Crippen molar-refractivity contribution in [2.24, 2.45) is 0 Å². The first-order valence-electron chi connectivity index (χ1n) is 9.31. The van der Waals surface area contributed by atoms with Crippen LogP contribution in [-0.4, -0.2) is 39.0 Å². The molecule has 1 aromatic carbocycles. The number of amides is 1. The molecule has 2 rings (SSSR count). The highest BCUT2D eigenvalue weighted by molar-refractivity contribution is 7.89. The second-order valence-corrected chi connectivity index (χ2v) is 8.95. The van der Waals surface area contributed by atoms with E-state index < -0.39 is 10.0 Å². The number of sulfonamides is 1. The molecular formula is C19H27N3O4S2. The molecule has 2 N–H and O–H groups in total. The quantitative estimate of drug-likeness (QED) is 0.510. The number of hydrogen-bond donors (Lipinski definition) is 2. The van der Waals surface area contributed by atoms with Crippen LogP contribution in [0.1, 0.15) is 36.9 Å². The second kappa shape index (κ2) is 11.1. The molecular weight excluding hydrogens is 398 g/mol. The Morgan fingerprint density at radius 3 is 2.57 bits per heavy atom. The van der Waals surface area contributed by atoms with E-state index in [1.54, 1.807) is 23.5 Å². The van der Waals surface area contributed by atoms with E-state index >= 15 is 0 Å². The summed E-state index contributed by atoms with van der Waals surface area (Å²) >= 11 is 1.66. The highest BCUT2D eigenvalue weighted by atomic mass is 32.2. The minimum Gasteiger partial charge on any atom is -0.494 e. The van der Waals surface area contributed by atoms with E-state index in [0.717, 1.165) is 30.0 Å². The van der Waals surface area contributed by atoms with E-state index in [1.165, 1.54) is 12.1 Å². The number of hydrogen-bond acceptors (Lipinski definition) is 6. The van der Waals surface area contributed by atoms with Crippen LogP contribution in [-0.2, 0) is 21.2 Å². The van der Waals surface area contributed by atoms with Crippen molar-refractivity contribution in [2.45, 2.75) is 44.4 Å². The summed E-state index contributed by atoms with van der Waals surface area (Å²) in [5.41, 5.74) is 1.04. The number of benzene rings is 1. The van der Waals surface area contributed by atoms with Gasteiger partial charge < -0.3 is 10.1 Å². The van der Waals surface area contributed by atoms with Gasteiger partial charge in [-0.05, 0) is 57.4 Å². The molecule has 2 aromatic rings. The molecule has 1 aromatic heterocycles. The number of carbonyl (C=O) groups is 1. The molecule has 0 unspecified atom stereocenters. The minimum atomic E-state index is -3.64. The number of aromatic nitrogens is 1. The third-order valence-corrected chi connectivity index (χ3v) is 6.40. The van der Waals surface area contributed by atoms with E-state index in [2.05, 4.69) is 15.0 Å². The van der Waals surface area contributed by atoms with Gasteiger partial charge in [0.05, 0.1) is 16.5 Å². The Morgan fingerprint density at radius 1 is 1.18 bits per heavy atom. The highest BCUT2D eigenvalue weighted by Crippen LogP contribution is 2.15. The zero-order valence-electron chi connectivity index (χ0n) is 16.2. The Balaban J connectivity index is 1.62. The minimum absolute atomic E-state index is 0.0553. The summed E-state index contributed by atoms with van der Waals surface area (Å²) in [5.74, 6) is 0.449. The predicted molar refractivity (Wildman–Crippen MR) is 110 cm³/mol. The van der Waals surface area contributed by atoms with Crippen molar-refractivity contribution in [1.29, 1.82) is 0 Å². The van der Waals surface area contributed by atoms with Gasteiger partial charge in [-0.2, -0.15) is 0 Å². The van der Waals surface area contributed by atoms with E-state index in [-0.39, 0.29) is 23.8 Å². The zero-order valence-corrected chi connectivity index (χ0v) is 17.9. The second-order valence-electron chi connectivity index (χ2n) is 6.24. The fourth-order valence-electron chi connectivity index (χ4n) is 2.50. The van der Waals surface area contributed by atoms with Crippen LogP contribution in [0.2, 0.25) is 0 Å². The van der Waals surface area contributed by atoms with Crippen molar-refractivity contribution in [3.05, 3.63) is 40.3 Å². The Labute approximate surface area is 170 Å². The largest absolute Gasteiger partial charge is 0.494 e. The molecule has 7 nitrogen and oxygen atoms in total. The van der Waals surface area contributed by atoms with E-state index in [0.29, 0.717) is 18.9 Å². The normalized spacial score (nSPS) is 11.4. The van der Waals surface area contributed by atoms with Crippen LogP contribution < -0.4 is 14.8 Å². The van der Waals surface area contributed by atoms with Crippen LogP contribution in [0.3, 0.4) is 0 Å². The maximum atomic E-state index is 12.2. The lowest BCUT2D eigenvalue weighted by molar-refractivity contribution is -0.120. The van der Waals surface area contributed by atoms with Crippen LogP contribution in [0.5, 0.6) is 5.75 Å². The smallest absolute Gasteiger partial charge is 0.240 e. The molecule has 28 heavy (non-hydrogen) atoms. The number of thiazole rings is 1. The monoisotopic (exact) mass is 425 g/mol. The molecule has 0 saturated carbocycles. The van der Waals surface area contributed by atoms with Crippen LogP contribution >= 0.6 is 11.3 Å². The molecule has 0 radical (unpaired) electrons. The molecule has 0 saturated heterocycles. The SMILES string of the molecule is CCOc1ccc(S(=O)(=O)NCCC(=O)NCCCCc2nc(C)cs2)cc1. The number of carbonyl (C=O) groups excluding carboxylic acids is 1. The van der Waals surface area contributed by atoms with Gasteiger partial charge in [-0.1, -0.05) is 0 Å². The molecule has 0 fully saturated rings. The van der Waals surface area contributed by atoms with Gasteiger partial charge in [0.1, 0.15) is 5.75 Å². The van der Waals surface area contributed by atoms with Gasteiger partial charge >= 0.3 is 0 Å². The number of rotatable bonds is 12. The van der Waals surface area contributed by atoms with E-state index in [1.807, 2.05) is 19.2 Å². The zero-order chi connectivity index (χ0) is 20.4. The Kier molecular flexibility index (Phi) is 8.88. The van der Waals surface area contributed by atoms with Gasteiger partial charge in [0, 0.05) is 30.6 Å². The van der Waals surface area contributed by atoms with Crippen molar-refractivity contribution >= 4 is 27.3 Å². The fourth-order valence-corrected chi connectivity index (χ4v) is 4.35.